The van der Waals surface area contributed by atoms with Crippen LogP contribution in [0, 0.1) is 0 Å². The Morgan fingerprint density at radius 2 is 1.83 bits per heavy atom. The molecule has 0 aliphatic carbocycles. The second-order valence-corrected chi connectivity index (χ2v) is 5.84. The van der Waals surface area contributed by atoms with Gasteiger partial charge in [-0.15, -0.1) is 12.4 Å². The van der Waals surface area contributed by atoms with E-state index in [4.69, 9.17) is 5.73 Å². The molecule has 0 atom stereocenters. The summed E-state index contributed by atoms with van der Waals surface area (Å²) in [6, 6.07) is 7.22. The first-order valence-corrected chi connectivity index (χ1v) is 7.92. The average molecular weight is 353 g/mol. The number of carbonyl (C=O) groups is 1. The lowest BCUT2D eigenvalue weighted by Crippen LogP contribution is -2.53. The first-order chi connectivity index (χ1) is 11.0. The van der Waals surface area contributed by atoms with Crippen molar-refractivity contribution in [3.8, 4) is 0 Å². The third kappa shape index (κ3) is 3.94. The van der Waals surface area contributed by atoms with Crippen LogP contribution >= 0.6 is 12.4 Å². The van der Waals surface area contributed by atoms with Gasteiger partial charge in [0.2, 0.25) is 5.91 Å². The maximum absolute atomic E-state index is 12.5. The van der Waals surface area contributed by atoms with Crippen LogP contribution in [0.2, 0.25) is 0 Å². The molecule has 0 spiro atoms. The average Bonchev–Trinajstić information content (AvgIpc) is 2.57. The first kappa shape index (κ1) is 20.1. The molecule has 1 aromatic carbocycles. The Morgan fingerprint density at radius 3 is 2.38 bits per heavy atom. The molecule has 6 nitrogen and oxygen atoms in total. The standard InChI is InChI=1S/C17H24N4O2.ClH/c1-4-17(5-2,11-18)19-15(22)10-14-12-8-6-7-9-13(12)16(23)21(3)20-14;/h6-9H,4-5,10-11,18H2,1-3H3,(H,19,22);1H. The molecular formula is C17H25ClN4O2. The zero-order valence-corrected chi connectivity index (χ0v) is 15.2. The summed E-state index contributed by atoms with van der Waals surface area (Å²) in [4.78, 5) is 24.6. The molecule has 2 rings (SSSR count). The van der Waals surface area contributed by atoms with Crippen LogP contribution in [0.1, 0.15) is 32.4 Å². The predicted molar refractivity (Wildman–Crippen MR) is 98.4 cm³/mol. The number of hydrogen-bond donors (Lipinski definition) is 2. The highest BCUT2D eigenvalue weighted by Gasteiger charge is 2.26. The van der Waals surface area contributed by atoms with Crippen molar-refractivity contribution in [2.24, 2.45) is 12.8 Å². The Kier molecular flexibility index (Phi) is 6.93. The lowest BCUT2D eigenvalue weighted by molar-refractivity contribution is -0.122. The van der Waals surface area contributed by atoms with E-state index in [0.29, 0.717) is 17.6 Å². The van der Waals surface area contributed by atoms with Gasteiger partial charge < -0.3 is 11.1 Å². The van der Waals surface area contributed by atoms with Crippen molar-refractivity contribution in [3.05, 3.63) is 40.3 Å². The van der Waals surface area contributed by atoms with Gasteiger partial charge in [-0.3, -0.25) is 9.59 Å². The SMILES string of the molecule is CCC(CC)(CN)NC(=O)Cc1nn(C)c(=O)c2ccccc12.Cl. The molecular weight excluding hydrogens is 328 g/mol. The van der Waals surface area contributed by atoms with Crippen molar-refractivity contribution in [3.63, 3.8) is 0 Å². The number of halogens is 1. The van der Waals surface area contributed by atoms with Gasteiger partial charge in [0.05, 0.1) is 23.0 Å². The van der Waals surface area contributed by atoms with Crippen LogP contribution in [0.25, 0.3) is 10.8 Å². The molecule has 3 N–H and O–H groups in total. The minimum absolute atomic E-state index is 0. The number of nitrogens with two attached hydrogens (primary N) is 1. The molecule has 0 bridgehead atoms. The lowest BCUT2D eigenvalue weighted by atomic mass is 9.92. The highest BCUT2D eigenvalue weighted by atomic mass is 35.5. The molecule has 0 saturated heterocycles. The van der Waals surface area contributed by atoms with E-state index in [1.165, 1.54) is 4.68 Å². The summed E-state index contributed by atoms with van der Waals surface area (Å²) in [5.74, 6) is -0.129. The van der Waals surface area contributed by atoms with Crippen LogP contribution in [-0.2, 0) is 18.3 Å². The van der Waals surface area contributed by atoms with Gasteiger partial charge in [0.25, 0.3) is 5.56 Å². The van der Waals surface area contributed by atoms with Gasteiger partial charge in [0.1, 0.15) is 0 Å². The first-order valence-electron chi connectivity index (χ1n) is 7.92. The van der Waals surface area contributed by atoms with Crippen molar-refractivity contribution in [1.82, 2.24) is 15.1 Å². The van der Waals surface area contributed by atoms with Crippen molar-refractivity contribution in [2.45, 2.75) is 38.6 Å². The maximum atomic E-state index is 12.5. The molecule has 1 heterocycles. The molecule has 1 amide bonds. The number of hydrogen-bond acceptors (Lipinski definition) is 4. The van der Waals surface area contributed by atoms with E-state index in [9.17, 15) is 9.59 Å². The van der Waals surface area contributed by atoms with E-state index in [1.54, 1.807) is 19.2 Å². The fraction of sp³-hybridized carbons (Fsp3) is 0.471. The summed E-state index contributed by atoms with van der Waals surface area (Å²) in [5, 5.41) is 8.59. The summed E-state index contributed by atoms with van der Waals surface area (Å²) >= 11 is 0. The molecule has 24 heavy (non-hydrogen) atoms. The van der Waals surface area contributed by atoms with Gasteiger partial charge in [-0.25, -0.2) is 4.68 Å². The normalized spacial score (nSPS) is 11.2. The Labute approximate surface area is 147 Å². The van der Waals surface area contributed by atoms with Crippen molar-refractivity contribution >= 4 is 29.1 Å². The van der Waals surface area contributed by atoms with Crippen molar-refractivity contribution < 1.29 is 4.79 Å². The van der Waals surface area contributed by atoms with Crippen LogP contribution in [0.3, 0.4) is 0 Å². The van der Waals surface area contributed by atoms with Crippen LogP contribution < -0.4 is 16.6 Å². The number of amides is 1. The molecule has 0 unspecified atom stereocenters. The van der Waals surface area contributed by atoms with Gasteiger partial charge in [-0.05, 0) is 18.9 Å². The van der Waals surface area contributed by atoms with E-state index in [2.05, 4.69) is 10.4 Å². The predicted octanol–water partition coefficient (Wildman–Crippen LogP) is 1.53. The third-order valence-electron chi connectivity index (χ3n) is 4.51. The van der Waals surface area contributed by atoms with Gasteiger partial charge in [-0.1, -0.05) is 32.0 Å². The molecule has 2 aromatic rings. The minimum Gasteiger partial charge on any atom is -0.349 e. The molecule has 132 valence electrons. The van der Waals surface area contributed by atoms with Gasteiger partial charge in [0, 0.05) is 19.0 Å². The van der Waals surface area contributed by atoms with Crippen LogP contribution in [0.5, 0.6) is 0 Å². The van der Waals surface area contributed by atoms with Gasteiger partial charge in [-0.2, -0.15) is 5.10 Å². The monoisotopic (exact) mass is 352 g/mol. The maximum Gasteiger partial charge on any atom is 0.274 e. The largest absolute Gasteiger partial charge is 0.349 e. The number of aromatic nitrogens is 2. The van der Waals surface area contributed by atoms with E-state index in [1.807, 2.05) is 26.0 Å². The zero-order valence-electron chi connectivity index (χ0n) is 14.3. The molecule has 0 aliphatic heterocycles. The van der Waals surface area contributed by atoms with Crippen LogP contribution in [-0.4, -0.2) is 27.8 Å². The van der Waals surface area contributed by atoms with Gasteiger partial charge in [0.15, 0.2) is 0 Å². The van der Waals surface area contributed by atoms with Crippen molar-refractivity contribution in [2.75, 3.05) is 6.54 Å². The quantitative estimate of drug-likeness (QED) is 0.825. The van der Waals surface area contributed by atoms with Crippen LogP contribution in [0.4, 0.5) is 0 Å². The fourth-order valence-corrected chi connectivity index (χ4v) is 2.77. The molecule has 0 radical (unpaired) electrons. The summed E-state index contributed by atoms with van der Waals surface area (Å²) < 4.78 is 1.28. The van der Waals surface area contributed by atoms with Gasteiger partial charge >= 0.3 is 0 Å². The number of nitrogens with one attached hydrogen (secondary N) is 1. The summed E-state index contributed by atoms with van der Waals surface area (Å²) in [6.45, 7) is 4.42. The van der Waals surface area contributed by atoms with E-state index >= 15 is 0 Å². The highest BCUT2D eigenvalue weighted by Crippen LogP contribution is 2.16. The number of fused-ring (bicyclic) bond motifs is 1. The van der Waals surface area contributed by atoms with E-state index < -0.39 is 0 Å². The molecule has 1 aromatic heterocycles. The molecule has 0 saturated carbocycles. The van der Waals surface area contributed by atoms with E-state index in [-0.39, 0.29) is 35.8 Å². The third-order valence-corrected chi connectivity index (χ3v) is 4.51. The second kappa shape index (κ2) is 8.26. The van der Waals surface area contributed by atoms with Crippen LogP contribution in [0.15, 0.2) is 29.1 Å². The number of nitrogens with zero attached hydrogens (tertiary/aromatic N) is 2. The van der Waals surface area contributed by atoms with Crippen molar-refractivity contribution in [1.29, 1.82) is 0 Å². The Bertz CT molecular complexity index is 761. The Morgan fingerprint density at radius 1 is 1.25 bits per heavy atom. The highest BCUT2D eigenvalue weighted by molar-refractivity contribution is 5.88. The zero-order chi connectivity index (χ0) is 17.0. The topological polar surface area (TPSA) is 90.0 Å². The number of benzene rings is 1. The number of carbonyl (C=O) groups excluding carboxylic acids is 1. The smallest absolute Gasteiger partial charge is 0.274 e. The lowest BCUT2D eigenvalue weighted by Gasteiger charge is -2.31. The number of aryl methyl sites for hydroxylation is 1. The number of rotatable bonds is 6. The summed E-state index contributed by atoms with van der Waals surface area (Å²) in [5.41, 5.74) is 5.88. The Hall–Kier alpha value is -1.92. The molecule has 0 fully saturated rings. The molecule has 7 heteroatoms. The Balaban J connectivity index is 0.00000288. The van der Waals surface area contributed by atoms with E-state index in [0.717, 1.165) is 18.2 Å². The summed E-state index contributed by atoms with van der Waals surface area (Å²) in [7, 11) is 1.60. The summed E-state index contributed by atoms with van der Waals surface area (Å²) in [6.07, 6.45) is 1.66. The second-order valence-electron chi connectivity index (χ2n) is 5.84. The minimum atomic E-state index is -0.381. The molecule has 0 aliphatic rings. The fourth-order valence-electron chi connectivity index (χ4n) is 2.77.